The first-order chi connectivity index (χ1) is 12.1. The van der Waals surface area contributed by atoms with E-state index in [0.717, 1.165) is 18.9 Å². The molecule has 0 radical (unpaired) electrons. The Morgan fingerprint density at radius 1 is 1.16 bits per heavy atom. The molecule has 1 aliphatic rings. The molecule has 1 aromatic carbocycles. The zero-order chi connectivity index (χ0) is 17.8. The van der Waals surface area contributed by atoms with Crippen molar-refractivity contribution in [3.05, 3.63) is 46.7 Å². The van der Waals surface area contributed by atoms with Crippen LogP contribution in [0.2, 0.25) is 5.02 Å². The summed E-state index contributed by atoms with van der Waals surface area (Å²) in [5.74, 6) is 2.14. The highest BCUT2D eigenvalue weighted by molar-refractivity contribution is 6.30. The van der Waals surface area contributed by atoms with Crippen molar-refractivity contribution in [2.75, 3.05) is 37.7 Å². The van der Waals surface area contributed by atoms with Gasteiger partial charge in [0, 0.05) is 42.8 Å². The molecule has 1 aromatic heterocycles. The van der Waals surface area contributed by atoms with E-state index < -0.39 is 0 Å². The lowest BCUT2D eigenvalue weighted by molar-refractivity contribution is 0.0746. The number of hydrogen-bond donors (Lipinski definition) is 0. The Labute approximate surface area is 152 Å². The minimum Gasteiger partial charge on any atom is -0.478 e. The molecule has 132 valence electrons. The predicted molar refractivity (Wildman–Crippen MR) is 97.5 cm³/mol. The average molecular weight is 361 g/mol. The Hall–Kier alpha value is -2.34. The number of anilines is 1. The van der Waals surface area contributed by atoms with E-state index in [1.807, 2.05) is 24.8 Å². The third-order valence-electron chi connectivity index (χ3n) is 4.08. The largest absolute Gasteiger partial charge is 0.478 e. The van der Waals surface area contributed by atoms with E-state index in [4.69, 9.17) is 16.3 Å². The second-order valence-corrected chi connectivity index (χ2v) is 6.27. The fourth-order valence-corrected chi connectivity index (χ4v) is 2.95. The molecular formula is C18H21ClN4O2. The van der Waals surface area contributed by atoms with Gasteiger partial charge in [0.05, 0.1) is 6.61 Å². The first-order valence-corrected chi connectivity index (χ1v) is 8.73. The number of benzene rings is 1. The smallest absolute Gasteiger partial charge is 0.253 e. The van der Waals surface area contributed by atoms with Gasteiger partial charge >= 0.3 is 0 Å². The maximum atomic E-state index is 12.6. The number of nitrogens with zero attached hydrogens (tertiary/aromatic N) is 4. The van der Waals surface area contributed by atoms with Crippen LogP contribution >= 0.6 is 11.6 Å². The molecule has 25 heavy (non-hydrogen) atoms. The van der Waals surface area contributed by atoms with Gasteiger partial charge in [-0.15, -0.1) is 0 Å². The number of piperazine rings is 1. The van der Waals surface area contributed by atoms with E-state index in [1.165, 1.54) is 0 Å². The van der Waals surface area contributed by atoms with E-state index >= 15 is 0 Å². The first-order valence-electron chi connectivity index (χ1n) is 8.35. The summed E-state index contributed by atoms with van der Waals surface area (Å²) in [6.45, 7) is 7.09. The van der Waals surface area contributed by atoms with Gasteiger partial charge in [-0.25, -0.2) is 4.98 Å². The lowest BCUT2D eigenvalue weighted by Crippen LogP contribution is -2.49. The summed E-state index contributed by atoms with van der Waals surface area (Å²) in [6, 6.07) is 8.86. The molecule has 1 aliphatic heterocycles. The number of rotatable bonds is 4. The van der Waals surface area contributed by atoms with Gasteiger partial charge < -0.3 is 14.5 Å². The first kappa shape index (κ1) is 17.5. The normalized spacial score (nSPS) is 14.5. The molecule has 0 unspecified atom stereocenters. The minimum atomic E-state index is 0.0326. The van der Waals surface area contributed by atoms with Gasteiger partial charge in [0.2, 0.25) is 5.88 Å². The lowest BCUT2D eigenvalue weighted by Gasteiger charge is -2.35. The van der Waals surface area contributed by atoms with Crippen molar-refractivity contribution in [3.63, 3.8) is 0 Å². The summed E-state index contributed by atoms with van der Waals surface area (Å²) in [5, 5.41) is 0.630. The van der Waals surface area contributed by atoms with Crippen molar-refractivity contribution in [1.29, 1.82) is 0 Å². The highest BCUT2D eigenvalue weighted by atomic mass is 35.5. The van der Waals surface area contributed by atoms with Crippen LogP contribution in [0.5, 0.6) is 5.88 Å². The summed E-state index contributed by atoms with van der Waals surface area (Å²) in [5.41, 5.74) is 0.661. The number of carbonyl (C=O) groups excluding carboxylic acids is 1. The number of ether oxygens (including phenoxy) is 1. The van der Waals surface area contributed by atoms with Crippen LogP contribution in [0.15, 0.2) is 30.3 Å². The lowest BCUT2D eigenvalue weighted by atomic mass is 10.2. The summed E-state index contributed by atoms with van der Waals surface area (Å²) in [6.07, 6.45) is 0. The number of amides is 1. The molecule has 2 aromatic rings. The zero-order valence-electron chi connectivity index (χ0n) is 14.4. The molecule has 1 fully saturated rings. The van der Waals surface area contributed by atoms with E-state index in [0.29, 0.717) is 42.0 Å². The maximum absolute atomic E-state index is 12.6. The molecule has 7 heteroatoms. The summed E-state index contributed by atoms with van der Waals surface area (Å²) in [4.78, 5) is 25.3. The average Bonchev–Trinajstić information content (AvgIpc) is 2.62. The quantitative estimate of drug-likeness (QED) is 0.839. The Morgan fingerprint density at radius 2 is 1.84 bits per heavy atom. The van der Waals surface area contributed by atoms with Gasteiger partial charge in [-0.1, -0.05) is 11.6 Å². The summed E-state index contributed by atoms with van der Waals surface area (Å²) < 4.78 is 5.49. The Balaban J connectivity index is 1.65. The highest BCUT2D eigenvalue weighted by Crippen LogP contribution is 2.20. The molecule has 0 bridgehead atoms. The second kappa shape index (κ2) is 7.70. The summed E-state index contributed by atoms with van der Waals surface area (Å²) >= 11 is 5.88. The van der Waals surface area contributed by atoms with E-state index in [-0.39, 0.29) is 5.91 Å². The maximum Gasteiger partial charge on any atom is 0.253 e. The molecule has 0 N–H and O–H groups in total. The van der Waals surface area contributed by atoms with Crippen LogP contribution in [0.1, 0.15) is 23.1 Å². The van der Waals surface area contributed by atoms with Crippen molar-refractivity contribution in [2.24, 2.45) is 0 Å². The van der Waals surface area contributed by atoms with Crippen LogP contribution in [0.25, 0.3) is 0 Å². The van der Waals surface area contributed by atoms with E-state index in [1.54, 1.807) is 24.3 Å². The molecule has 0 saturated carbocycles. The van der Waals surface area contributed by atoms with Crippen molar-refractivity contribution < 1.29 is 9.53 Å². The molecule has 6 nitrogen and oxygen atoms in total. The fraction of sp³-hybridized carbons (Fsp3) is 0.389. The minimum absolute atomic E-state index is 0.0326. The van der Waals surface area contributed by atoms with Crippen LogP contribution in [-0.2, 0) is 0 Å². The van der Waals surface area contributed by atoms with Gasteiger partial charge in [-0.3, -0.25) is 4.79 Å². The third kappa shape index (κ3) is 4.20. The monoisotopic (exact) mass is 360 g/mol. The molecular weight excluding hydrogens is 340 g/mol. The number of aryl methyl sites for hydroxylation is 1. The van der Waals surface area contributed by atoms with Crippen molar-refractivity contribution in [1.82, 2.24) is 14.9 Å². The second-order valence-electron chi connectivity index (χ2n) is 5.83. The molecule has 0 spiro atoms. The fourth-order valence-electron chi connectivity index (χ4n) is 2.82. The molecule has 0 aliphatic carbocycles. The van der Waals surface area contributed by atoms with Gasteiger partial charge in [-0.05, 0) is 38.1 Å². The van der Waals surface area contributed by atoms with Crippen LogP contribution in [-0.4, -0.2) is 53.6 Å². The van der Waals surface area contributed by atoms with Crippen LogP contribution in [0.4, 0.5) is 5.82 Å². The number of carbonyl (C=O) groups is 1. The van der Waals surface area contributed by atoms with Crippen LogP contribution < -0.4 is 9.64 Å². The van der Waals surface area contributed by atoms with Gasteiger partial charge in [0.1, 0.15) is 11.6 Å². The summed E-state index contributed by atoms with van der Waals surface area (Å²) in [7, 11) is 0. The zero-order valence-corrected chi connectivity index (χ0v) is 15.2. The van der Waals surface area contributed by atoms with Gasteiger partial charge in [0.15, 0.2) is 0 Å². The van der Waals surface area contributed by atoms with Crippen molar-refractivity contribution in [3.8, 4) is 5.88 Å². The standard InChI is InChI=1S/C18H21ClN4O2/c1-3-25-17-12-16(20-13(2)21-17)22-8-10-23(11-9-22)18(24)14-4-6-15(19)7-5-14/h4-7,12H,3,8-11H2,1-2H3. The Morgan fingerprint density at radius 3 is 2.48 bits per heavy atom. The number of aromatic nitrogens is 2. The topological polar surface area (TPSA) is 58.6 Å². The predicted octanol–water partition coefficient (Wildman–Crippen LogP) is 2.80. The van der Waals surface area contributed by atoms with Crippen molar-refractivity contribution in [2.45, 2.75) is 13.8 Å². The molecule has 0 atom stereocenters. The van der Waals surface area contributed by atoms with E-state index in [9.17, 15) is 4.79 Å². The van der Waals surface area contributed by atoms with E-state index in [2.05, 4.69) is 14.9 Å². The molecule has 1 saturated heterocycles. The van der Waals surface area contributed by atoms with Crippen LogP contribution in [0.3, 0.4) is 0 Å². The molecule has 2 heterocycles. The Bertz CT molecular complexity index is 743. The molecule has 3 rings (SSSR count). The number of hydrogen-bond acceptors (Lipinski definition) is 5. The van der Waals surface area contributed by atoms with Crippen molar-refractivity contribution >= 4 is 23.3 Å². The Kier molecular flexibility index (Phi) is 5.38. The molecule has 1 amide bonds. The van der Waals surface area contributed by atoms with Crippen LogP contribution in [0, 0.1) is 6.92 Å². The van der Waals surface area contributed by atoms with Gasteiger partial charge in [0.25, 0.3) is 5.91 Å². The third-order valence-corrected chi connectivity index (χ3v) is 4.33. The highest BCUT2D eigenvalue weighted by Gasteiger charge is 2.23. The number of halogens is 1. The SMILES string of the molecule is CCOc1cc(N2CCN(C(=O)c3ccc(Cl)cc3)CC2)nc(C)n1. The van der Waals surface area contributed by atoms with Gasteiger partial charge in [-0.2, -0.15) is 4.98 Å².